The minimum atomic E-state index is -0.397. The molecular formula is C17H20Cl3NO2. The molecule has 0 bridgehead atoms. The summed E-state index contributed by atoms with van der Waals surface area (Å²) >= 11 is 12.2. The van der Waals surface area contributed by atoms with Gasteiger partial charge < -0.3 is 15.2 Å². The lowest BCUT2D eigenvalue weighted by atomic mass is 10.2. The Hall–Kier alpha value is -0.970. The van der Waals surface area contributed by atoms with E-state index in [1.807, 2.05) is 36.4 Å². The van der Waals surface area contributed by atoms with Crippen LogP contribution in [0, 0.1) is 0 Å². The monoisotopic (exact) mass is 375 g/mol. The number of aliphatic hydroxyl groups excluding tert-OH is 1. The van der Waals surface area contributed by atoms with Crippen molar-refractivity contribution in [2.75, 3.05) is 6.54 Å². The van der Waals surface area contributed by atoms with Gasteiger partial charge in [0.2, 0.25) is 0 Å². The van der Waals surface area contributed by atoms with E-state index < -0.39 is 6.10 Å². The van der Waals surface area contributed by atoms with E-state index in [1.54, 1.807) is 13.0 Å². The highest BCUT2D eigenvalue weighted by molar-refractivity contribution is 6.31. The normalized spacial score (nSPS) is 11.7. The second kappa shape index (κ2) is 10.0. The second-order valence-electron chi connectivity index (χ2n) is 5.11. The van der Waals surface area contributed by atoms with Gasteiger partial charge in [0.25, 0.3) is 0 Å². The number of aliphatic hydroxyl groups is 1. The quantitative estimate of drug-likeness (QED) is 0.749. The molecule has 0 aliphatic rings. The standard InChI is InChI=1S/C17H19Cl2NO2.ClH/c1-12(21)9-20-10-14-8-15(18)6-7-17(14)22-11-13-4-2-3-5-16(13)19;/h2-8,12,20-21H,9-11H2,1H3;1H. The number of hydrogen-bond donors (Lipinski definition) is 2. The van der Waals surface area contributed by atoms with E-state index in [1.165, 1.54) is 0 Å². The largest absolute Gasteiger partial charge is 0.489 e. The van der Waals surface area contributed by atoms with Gasteiger partial charge in [-0.1, -0.05) is 41.4 Å². The summed E-state index contributed by atoms with van der Waals surface area (Å²) in [5, 5.41) is 13.8. The maximum absolute atomic E-state index is 9.30. The first-order valence-corrected chi connectivity index (χ1v) is 7.85. The number of hydrogen-bond acceptors (Lipinski definition) is 3. The van der Waals surface area contributed by atoms with Crippen LogP contribution in [0.1, 0.15) is 18.1 Å². The number of nitrogens with one attached hydrogen (secondary N) is 1. The molecule has 0 aliphatic carbocycles. The molecule has 0 aliphatic heterocycles. The lowest BCUT2D eigenvalue weighted by Gasteiger charge is -2.14. The molecule has 2 aromatic rings. The summed E-state index contributed by atoms with van der Waals surface area (Å²) in [5.74, 6) is 0.752. The van der Waals surface area contributed by atoms with Crippen molar-refractivity contribution >= 4 is 35.6 Å². The lowest BCUT2D eigenvalue weighted by molar-refractivity contribution is 0.190. The zero-order chi connectivity index (χ0) is 15.9. The van der Waals surface area contributed by atoms with E-state index in [4.69, 9.17) is 27.9 Å². The Morgan fingerprint density at radius 2 is 1.87 bits per heavy atom. The predicted octanol–water partition coefficient (Wildman–Crippen LogP) is 4.46. The summed E-state index contributed by atoms with van der Waals surface area (Å²) in [6, 6.07) is 13.1. The molecule has 1 atom stereocenters. The van der Waals surface area contributed by atoms with E-state index in [2.05, 4.69) is 5.32 Å². The van der Waals surface area contributed by atoms with Crippen LogP contribution in [0.4, 0.5) is 0 Å². The van der Waals surface area contributed by atoms with Crippen molar-refractivity contribution in [1.29, 1.82) is 0 Å². The molecule has 23 heavy (non-hydrogen) atoms. The summed E-state index contributed by atoms with van der Waals surface area (Å²) in [7, 11) is 0. The molecule has 0 heterocycles. The zero-order valence-electron chi connectivity index (χ0n) is 12.8. The van der Waals surface area contributed by atoms with E-state index in [9.17, 15) is 5.11 Å². The van der Waals surface area contributed by atoms with Gasteiger partial charge in [-0.25, -0.2) is 0 Å². The number of benzene rings is 2. The molecule has 126 valence electrons. The summed E-state index contributed by atoms with van der Waals surface area (Å²) in [5.41, 5.74) is 1.88. The third-order valence-electron chi connectivity index (χ3n) is 3.12. The Kier molecular flexibility index (Phi) is 8.74. The molecule has 6 heteroatoms. The van der Waals surface area contributed by atoms with E-state index in [0.29, 0.717) is 29.7 Å². The van der Waals surface area contributed by atoms with Gasteiger partial charge in [0.15, 0.2) is 0 Å². The Balaban J connectivity index is 0.00000264. The van der Waals surface area contributed by atoms with Crippen LogP contribution in [-0.4, -0.2) is 17.8 Å². The maximum Gasteiger partial charge on any atom is 0.124 e. The van der Waals surface area contributed by atoms with Crippen LogP contribution in [-0.2, 0) is 13.2 Å². The van der Waals surface area contributed by atoms with Gasteiger partial charge in [0, 0.05) is 34.3 Å². The molecule has 0 amide bonds. The lowest BCUT2D eigenvalue weighted by Crippen LogP contribution is -2.24. The molecule has 0 saturated heterocycles. The second-order valence-corrected chi connectivity index (χ2v) is 5.96. The van der Waals surface area contributed by atoms with Gasteiger partial charge >= 0.3 is 0 Å². The zero-order valence-corrected chi connectivity index (χ0v) is 15.1. The summed E-state index contributed by atoms with van der Waals surface area (Å²) < 4.78 is 5.87. The van der Waals surface area contributed by atoms with Crippen molar-refractivity contribution in [3.8, 4) is 5.75 Å². The van der Waals surface area contributed by atoms with Crippen molar-refractivity contribution < 1.29 is 9.84 Å². The first-order chi connectivity index (χ1) is 10.6. The Morgan fingerprint density at radius 1 is 1.13 bits per heavy atom. The van der Waals surface area contributed by atoms with E-state index in [0.717, 1.165) is 16.9 Å². The molecule has 0 radical (unpaired) electrons. The summed E-state index contributed by atoms with van der Waals surface area (Å²) in [6.07, 6.45) is -0.397. The minimum absolute atomic E-state index is 0. The fraction of sp³-hybridized carbons (Fsp3) is 0.294. The van der Waals surface area contributed by atoms with Crippen LogP contribution in [0.2, 0.25) is 10.0 Å². The maximum atomic E-state index is 9.30. The van der Waals surface area contributed by atoms with Gasteiger partial charge in [0.05, 0.1) is 6.10 Å². The van der Waals surface area contributed by atoms with Crippen molar-refractivity contribution in [1.82, 2.24) is 5.32 Å². The van der Waals surface area contributed by atoms with Crippen LogP contribution in [0.5, 0.6) is 5.75 Å². The fourth-order valence-electron chi connectivity index (χ4n) is 2.01. The van der Waals surface area contributed by atoms with Crippen LogP contribution >= 0.6 is 35.6 Å². The van der Waals surface area contributed by atoms with Crippen molar-refractivity contribution in [3.63, 3.8) is 0 Å². The van der Waals surface area contributed by atoms with Crippen LogP contribution in [0.3, 0.4) is 0 Å². The number of ether oxygens (including phenoxy) is 1. The molecule has 2 N–H and O–H groups in total. The molecule has 3 nitrogen and oxygen atoms in total. The predicted molar refractivity (Wildman–Crippen MR) is 97.9 cm³/mol. The molecule has 1 unspecified atom stereocenters. The van der Waals surface area contributed by atoms with Gasteiger partial charge in [-0.15, -0.1) is 12.4 Å². The summed E-state index contributed by atoms with van der Waals surface area (Å²) in [4.78, 5) is 0. The summed E-state index contributed by atoms with van der Waals surface area (Å²) in [6.45, 7) is 3.21. The third-order valence-corrected chi connectivity index (χ3v) is 3.72. The van der Waals surface area contributed by atoms with E-state index >= 15 is 0 Å². The highest BCUT2D eigenvalue weighted by atomic mass is 35.5. The van der Waals surface area contributed by atoms with E-state index in [-0.39, 0.29) is 12.4 Å². The van der Waals surface area contributed by atoms with Gasteiger partial charge in [-0.3, -0.25) is 0 Å². The minimum Gasteiger partial charge on any atom is -0.489 e. The van der Waals surface area contributed by atoms with Gasteiger partial charge in [-0.2, -0.15) is 0 Å². The van der Waals surface area contributed by atoms with Crippen LogP contribution < -0.4 is 10.1 Å². The molecule has 2 rings (SSSR count). The highest BCUT2D eigenvalue weighted by Crippen LogP contribution is 2.25. The van der Waals surface area contributed by atoms with Crippen LogP contribution in [0.25, 0.3) is 0 Å². The molecule has 0 fully saturated rings. The molecular weight excluding hydrogens is 357 g/mol. The molecule has 2 aromatic carbocycles. The van der Waals surface area contributed by atoms with Crippen molar-refractivity contribution in [2.24, 2.45) is 0 Å². The topological polar surface area (TPSA) is 41.5 Å². The number of rotatable bonds is 7. The molecule has 0 saturated carbocycles. The van der Waals surface area contributed by atoms with Crippen LogP contribution in [0.15, 0.2) is 42.5 Å². The third kappa shape index (κ3) is 6.58. The average Bonchev–Trinajstić information content (AvgIpc) is 2.47. The highest BCUT2D eigenvalue weighted by Gasteiger charge is 2.07. The first-order valence-electron chi connectivity index (χ1n) is 7.09. The number of halogens is 3. The average molecular weight is 377 g/mol. The van der Waals surface area contributed by atoms with Crippen molar-refractivity contribution in [2.45, 2.75) is 26.2 Å². The van der Waals surface area contributed by atoms with Gasteiger partial charge in [-0.05, 0) is 31.2 Å². The smallest absolute Gasteiger partial charge is 0.124 e. The molecule has 0 aromatic heterocycles. The Labute approximate surface area is 153 Å². The SMILES string of the molecule is CC(O)CNCc1cc(Cl)ccc1OCc1ccccc1Cl.Cl. The Morgan fingerprint density at radius 3 is 2.57 bits per heavy atom. The van der Waals surface area contributed by atoms with Gasteiger partial charge in [0.1, 0.15) is 12.4 Å². The van der Waals surface area contributed by atoms with Crippen molar-refractivity contribution in [3.05, 3.63) is 63.6 Å². The fourth-order valence-corrected chi connectivity index (χ4v) is 2.40. The first kappa shape index (κ1) is 20.1. The Bertz CT molecular complexity index is 621. The molecule has 0 spiro atoms.